The van der Waals surface area contributed by atoms with Crippen LogP contribution in [0.3, 0.4) is 0 Å². The van der Waals surface area contributed by atoms with E-state index < -0.39 is 6.10 Å². The highest BCUT2D eigenvalue weighted by Crippen LogP contribution is 2.21. The molecule has 4 rings (SSSR count). The van der Waals surface area contributed by atoms with E-state index in [1.165, 1.54) is 0 Å². The maximum atomic E-state index is 12.5. The Morgan fingerprint density at radius 3 is 2.89 bits per heavy atom. The lowest BCUT2D eigenvalue weighted by Crippen LogP contribution is -2.50. The fraction of sp³-hybridized carbons (Fsp3) is 0.400. The molecule has 1 aliphatic rings. The van der Waals surface area contributed by atoms with Gasteiger partial charge in [0.15, 0.2) is 0 Å². The number of aliphatic hydroxyl groups is 1. The van der Waals surface area contributed by atoms with Gasteiger partial charge in [0.05, 0.1) is 18.7 Å². The van der Waals surface area contributed by atoms with Crippen LogP contribution in [0.15, 0.2) is 41.3 Å². The van der Waals surface area contributed by atoms with Crippen molar-refractivity contribution in [1.29, 1.82) is 0 Å². The minimum atomic E-state index is -0.618. The maximum Gasteiger partial charge on any atom is 0.256 e. The molecule has 1 fully saturated rings. The summed E-state index contributed by atoms with van der Waals surface area (Å²) in [5, 5.41) is 18.9. The Balaban J connectivity index is 1.28. The van der Waals surface area contributed by atoms with Gasteiger partial charge in [0.2, 0.25) is 5.91 Å². The highest BCUT2D eigenvalue weighted by Gasteiger charge is 2.30. The molecule has 0 saturated carbocycles. The van der Waals surface area contributed by atoms with Gasteiger partial charge in [0.1, 0.15) is 5.69 Å². The second kappa shape index (κ2) is 7.55. The number of carbonyl (C=O) groups excluding carboxylic acids is 1. The zero-order chi connectivity index (χ0) is 19.7. The number of amides is 1. The van der Waals surface area contributed by atoms with Gasteiger partial charge in [-0.15, -0.1) is 5.10 Å². The number of hydrogen-bond acceptors (Lipinski definition) is 5. The van der Waals surface area contributed by atoms with Crippen molar-refractivity contribution < 1.29 is 9.90 Å². The number of nitrogens with one attached hydrogen (secondary N) is 1. The third-order valence-corrected chi connectivity index (χ3v) is 5.21. The molecule has 146 valence electrons. The van der Waals surface area contributed by atoms with Crippen molar-refractivity contribution in [2.24, 2.45) is 5.92 Å². The number of aryl methyl sites for hydroxylation is 1. The molecule has 2 aromatic heterocycles. The average molecular weight is 381 g/mol. The van der Waals surface area contributed by atoms with E-state index in [9.17, 15) is 14.7 Å². The van der Waals surface area contributed by atoms with Crippen LogP contribution in [0.1, 0.15) is 30.8 Å². The molecule has 0 spiro atoms. The molecule has 2 N–H and O–H groups in total. The van der Waals surface area contributed by atoms with Gasteiger partial charge in [0.25, 0.3) is 5.56 Å². The van der Waals surface area contributed by atoms with Crippen LogP contribution in [0.4, 0.5) is 0 Å². The molecule has 1 atom stereocenters. The lowest BCUT2D eigenvalue weighted by molar-refractivity contribution is -0.137. The molecule has 0 radical (unpaired) electrons. The summed E-state index contributed by atoms with van der Waals surface area (Å²) in [5.41, 5.74) is 1.05. The van der Waals surface area contributed by atoms with Gasteiger partial charge in [-0.25, -0.2) is 0 Å². The highest BCUT2D eigenvalue weighted by molar-refractivity contribution is 5.84. The predicted molar refractivity (Wildman–Crippen MR) is 104 cm³/mol. The van der Waals surface area contributed by atoms with Crippen LogP contribution in [0.25, 0.3) is 10.8 Å². The number of aromatic amines is 1. The normalized spacial score (nSPS) is 15.6. The number of aromatic nitrogens is 4. The van der Waals surface area contributed by atoms with E-state index in [-0.39, 0.29) is 17.9 Å². The Hall–Kier alpha value is -3.00. The molecule has 0 bridgehead atoms. The average Bonchev–Trinajstić information content (AvgIpc) is 3.10. The van der Waals surface area contributed by atoms with E-state index in [0.29, 0.717) is 42.3 Å². The number of pyridine rings is 1. The molecular formula is C20H23N5O3. The zero-order valence-corrected chi connectivity index (χ0v) is 15.7. The van der Waals surface area contributed by atoms with E-state index in [1.807, 2.05) is 29.2 Å². The van der Waals surface area contributed by atoms with Crippen LogP contribution < -0.4 is 5.56 Å². The number of carbonyl (C=O) groups is 1. The van der Waals surface area contributed by atoms with Gasteiger partial charge in [-0.3, -0.25) is 14.3 Å². The molecule has 1 unspecified atom stereocenters. The van der Waals surface area contributed by atoms with Gasteiger partial charge in [0, 0.05) is 30.7 Å². The zero-order valence-electron chi connectivity index (χ0n) is 15.7. The van der Waals surface area contributed by atoms with E-state index in [2.05, 4.69) is 15.3 Å². The first kappa shape index (κ1) is 18.4. The third-order valence-electron chi connectivity index (χ3n) is 5.21. The summed E-state index contributed by atoms with van der Waals surface area (Å²) in [5.74, 6) is 0.457. The van der Waals surface area contributed by atoms with E-state index >= 15 is 0 Å². The van der Waals surface area contributed by atoms with E-state index in [1.54, 1.807) is 23.9 Å². The summed E-state index contributed by atoms with van der Waals surface area (Å²) >= 11 is 0. The van der Waals surface area contributed by atoms with Gasteiger partial charge >= 0.3 is 0 Å². The summed E-state index contributed by atoms with van der Waals surface area (Å²) in [7, 11) is 0. The number of H-pyrrole nitrogens is 1. The first-order chi connectivity index (χ1) is 13.5. The second-order valence-corrected chi connectivity index (χ2v) is 7.42. The molecule has 3 aromatic rings. The molecule has 1 aromatic carbocycles. The van der Waals surface area contributed by atoms with Gasteiger partial charge in [-0.1, -0.05) is 23.4 Å². The predicted octanol–water partition coefficient (Wildman–Crippen LogP) is 1.26. The van der Waals surface area contributed by atoms with E-state index in [0.717, 1.165) is 11.8 Å². The standard InChI is InChI=1S/C20H23N5O3/c1-13(26)18-12-25(23-22-18)7-6-14-10-24(11-14)19(27)9-16-8-15-4-2-3-5-17(15)20(28)21-16/h2-5,8,12-14,26H,6-7,9-11H2,1H3,(H,21,28). The topological polar surface area (TPSA) is 104 Å². The minimum absolute atomic E-state index is 0.0272. The Bertz CT molecular complexity index is 1050. The van der Waals surface area contributed by atoms with Crippen LogP contribution in [0.2, 0.25) is 0 Å². The van der Waals surface area contributed by atoms with Crippen LogP contribution >= 0.6 is 0 Å². The number of benzene rings is 1. The molecule has 0 aliphatic carbocycles. The Kier molecular flexibility index (Phi) is 4.95. The van der Waals surface area contributed by atoms with Crippen LogP contribution in [-0.2, 0) is 17.8 Å². The molecular weight excluding hydrogens is 358 g/mol. The summed E-state index contributed by atoms with van der Waals surface area (Å²) in [4.78, 5) is 29.3. The van der Waals surface area contributed by atoms with Gasteiger partial charge in [-0.05, 0) is 36.8 Å². The first-order valence-corrected chi connectivity index (χ1v) is 9.46. The highest BCUT2D eigenvalue weighted by atomic mass is 16.3. The first-order valence-electron chi connectivity index (χ1n) is 9.46. The van der Waals surface area contributed by atoms with E-state index in [4.69, 9.17) is 0 Å². The molecule has 1 aliphatic heterocycles. The number of likely N-dealkylation sites (tertiary alicyclic amines) is 1. The number of aliphatic hydroxyl groups excluding tert-OH is 1. The Morgan fingerprint density at radius 1 is 1.36 bits per heavy atom. The van der Waals surface area contributed by atoms with Crippen LogP contribution in [-0.4, -0.2) is 49.0 Å². The van der Waals surface area contributed by atoms with Crippen molar-refractivity contribution in [3.05, 3.63) is 58.3 Å². The van der Waals surface area contributed by atoms with Gasteiger partial charge < -0.3 is 15.0 Å². The quantitative estimate of drug-likeness (QED) is 0.669. The van der Waals surface area contributed by atoms with Gasteiger partial charge in [-0.2, -0.15) is 0 Å². The number of nitrogens with zero attached hydrogens (tertiary/aromatic N) is 4. The number of rotatable bonds is 6. The SMILES string of the molecule is CC(O)c1cn(CCC2CN(C(=O)Cc3cc4ccccc4c(=O)[nH]3)C2)nn1. The largest absolute Gasteiger partial charge is 0.387 e. The smallest absolute Gasteiger partial charge is 0.256 e. The number of fused-ring (bicyclic) bond motifs is 1. The molecule has 1 amide bonds. The summed E-state index contributed by atoms with van der Waals surface area (Å²) < 4.78 is 1.73. The van der Waals surface area contributed by atoms with Crippen molar-refractivity contribution in [2.45, 2.75) is 32.4 Å². The van der Waals surface area contributed by atoms with Crippen molar-refractivity contribution in [1.82, 2.24) is 24.9 Å². The molecule has 8 nitrogen and oxygen atoms in total. The maximum absolute atomic E-state index is 12.5. The lowest BCUT2D eigenvalue weighted by atomic mass is 9.95. The van der Waals surface area contributed by atoms with Crippen molar-refractivity contribution in [2.75, 3.05) is 13.1 Å². The van der Waals surface area contributed by atoms with Crippen molar-refractivity contribution in [3.8, 4) is 0 Å². The molecule has 28 heavy (non-hydrogen) atoms. The van der Waals surface area contributed by atoms with Crippen LogP contribution in [0, 0.1) is 5.92 Å². The second-order valence-electron chi connectivity index (χ2n) is 7.42. The summed E-state index contributed by atoms with van der Waals surface area (Å²) in [6.07, 6.45) is 2.24. The molecule has 8 heteroatoms. The monoisotopic (exact) mass is 381 g/mol. The lowest BCUT2D eigenvalue weighted by Gasteiger charge is -2.39. The Morgan fingerprint density at radius 2 is 2.14 bits per heavy atom. The fourth-order valence-corrected chi connectivity index (χ4v) is 3.52. The Labute approximate surface area is 161 Å². The summed E-state index contributed by atoms with van der Waals surface area (Å²) in [6.45, 7) is 3.81. The third kappa shape index (κ3) is 3.82. The molecule has 1 saturated heterocycles. The summed E-state index contributed by atoms with van der Waals surface area (Å²) in [6, 6.07) is 9.24. The molecule has 3 heterocycles. The van der Waals surface area contributed by atoms with Crippen molar-refractivity contribution in [3.63, 3.8) is 0 Å². The fourth-order valence-electron chi connectivity index (χ4n) is 3.52. The number of hydrogen-bond donors (Lipinski definition) is 2. The van der Waals surface area contributed by atoms with Crippen molar-refractivity contribution >= 4 is 16.7 Å². The van der Waals surface area contributed by atoms with Crippen LogP contribution in [0.5, 0.6) is 0 Å². The minimum Gasteiger partial charge on any atom is -0.387 e.